The van der Waals surface area contributed by atoms with Gasteiger partial charge >= 0.3 is 0 Å². The lowest BCUT2D eigenvalue weighted by Crippen LogP contribution is -2.58. The Labute approximate surface area is 203 Å². The molecule has 5 atom stereocenters. The first-order valence-corrected chi connectivity index (χ1v) is 12.9. The van der Waals surface area contributed by atoms with Crippen LogP contribution >= 0.6 is 12.2 Å². The number of nitrogens with one attached hydrogen (secondary N) is 2. The van der Waals surface area contributed by atoms with Gasteiger partial charge < -0.3 is 15.4 Å². The summed E-state index contributed by atoms with van der Waals surface area (Å²) in [5.74, 6) is 2.15. The van der Waals surface area contributed by atoms with E-state index in [1.165, 1.54) is 44.1 Å². The van der Waals surface area contributed by atoms with Crippen LogP contribution in [0, 0.1) is 11.8 Å². The van der Waals surface area contributed by atoms with Gasteiger partial charge in [-0.1, -0.05) is 25.3 Å². The summed E-state index contributed by atoms with van der Waals surface area (Å²) in [5.41, 5.74) is 2.24. The topological polar surface area (TPSA) is 49.4 Å². The lowest BCUT2D eigenvalue weighted by molar-refractivity contribution is 0.00426. The highest BCUT2D eigenvalue weighted by Gasteiger charge is 2.43. The summed E-state index contributed by atoms with van der Waals surface area (Å²) in [6.07, 6.45) is 12.9. The Kier molecular flexibility index (Phi) is 6.84. The number of aromatic nitrogens is 1. The summed E-state index contributed by atoms with van der Waals surface area (Å²) in [7, 11) is 1.72. The SMILES string of the molecule is C=C[C@H]1CN2CC[C@H]1C[C@@H]2[C@@H](NC(=S)NC1CCCCC1)c1ccnc2ccc(OC)cc12. The van der Waals surface area contributed by atoms with E-state index in [-0.39, 0.29) is 6.04 Å². The largest absolute Gasteiger partial charge is 0.497 e. The number of hydrogen-bond donors (Lipinski definition) is 2. The van der Waals surface area contributed by atoms with Crippen molar-refractivity contribution in [2.75, 3.05) is 20.2 Å². The average Bonchev–Trinajstić information content (AvgIpc) is 2.87. The minimum absolute atomic E-state index is 0.0970. The van der Waals surface area contributed by atoms with Crippen molar-refractivity contribution in [2.24, 2.45) is 11.8 Å². The summed E-state index contributed by atoms with van der Waals surface area (Å²) >= 11 is 5.89. The van der Waals surface area contributed by atoms with Gasteiger partial charge in [0.2, 0.25) is 0 Å². The fourth-order valence-corrected chi connectivity index (χ4v) is 6.56. The first-order chi connectivity index (χ1) is 16.2. The van der Waals surface area contributed by atoms with Crippen LogP contribution in [0.1, 0.15) is 56.6 Å². The van der Waals surface area contributed by atoms with Gasteiger partial charge in [0.25, 0.3) is 0 Å². The third-order valence-electron chi connectivity index (χ3n) is 8.08. The lowest BCUT2D eigenvalue weighted by Gasteiger charge is -2.52. The van der Waals surface area contributed by atoms with Gasteiger partial charge in [0.1, 0.15) is 5.75 Å². The molecule has 176 valence electrons. The van der Waals surface area contributed by atoms with Crippen molar-refractivity contribution in [3.05, 3.63) is 48.7 Å². The van der Waals surface area contributed by atoms with Crippen LogP contribution < -0.4 is 15.4 Å². The lowest BCUT2D eigenvalue weighted by atomic mass is 9.73. The van der Waals surface area contributed by atoms with E-state index in [0.717, 1.165) is 41.3 Å². The average molecular weight is 465 g/mol. The Hall–Kier alpha value is -2.18. The standard InChI is InChI=1S/C27H36N4OS/c1-3-18-17-31-14-12-19(18)15-25(31)26(30-27(33)29-20-7-5-4-6-8-20)22-11-13-28-24-10-9-21(32-2)16-23(22)24/h3,9-11,13,16,18-20,25-26H,1,4-8,12,14-15,17H2,2H3,(H2,29,30,33)/t18-,19-,25+,26-/m0/s1. The van der Waals surface area contributed by atoms with Gasteiger partial charge in [0, 0.05) is 30.2 Å². The number of hydrogen-bond acceptors (Lipinski definition) is 4. The number of nitrogens with zero attached hydrogens (tertiary/aromatic N) is 2. The zero-order valence-electron chi connectivity index (χ0n) is 19.6. The van der Waals surface area contributed by atoms with E-state index in [9.17, 15) is 0 Å². The number of thiocarbonyl (C=S) groups is 1. The number of fused-ring (bicyclic) bond motifs is 4. The number of pyridine rings is 1. The molecule has 4 heterocycles. The fraction of sp³-hybridized carbons (Fsp3) is 0.556. The first kappa shape index (κ1) is 22.6. The Balaban J connectivity index is 1.47. The van der Waals surface area contributed by atoms with Crippen LogP contribution in [0.3, 0.4) is 0 Å². The molecule has 0 spiro atoms. The van der Waals surface area contributed by atoms with Gasteiger partial charge in [-0.05, 0) is 86.1 Å². The molecule has 3 aliphatic heterocycles. The molecule has 2 N–H and O–H groups in total. The van der Waals surface area contributed by atoms with Crippen LogP contribution in [-0.4, -0.2) is 47.3 Å². The van der Waals surface area contributed by atoms with Crippen LogP contribution in [-0.2, 0) is 0 Å². The number of methoxy groups -OCH3 is 1. The summed E-state index contributed by atoms with van der Waals surface area (Å²) in [5, 5.41) is 9.34. The molecule has 2 aromatic rings. The summed E-state index contributed by atoms with van der Waals surface area (Å²) in [6.45, 7) is 6.34. The molecule has 6 heteroatoms. The highest BCUT2D eigenvalue weighted by atomic mass is 32.1. The van der Waals surface area contributed by atoms with Crippen LogP contribution in [0.15, 0.2) is 43.1 Å². The molecule has 0 radical (unpaired) electrons. The fourth-order valence-electron chi connectivity index (χ4n) is 6.27. The molecule has 1 unspecified atom stereocenters. The molecule has 1 aliphatic carbocycles. The molecule has 2 bridgehead atoms. The Morgan fingerprint density at radius 2 is 2.09 bits per heavy atom. The van der Waals surface area contributed by atoms with Crippen molar-refractivity contribution in [1.29, 1.82) is 0 Å². The molecule has 4 aliphatic rings. The third kappa shape index (κ3) is 4.73. The summed E-state index contributed by atoms with van der Waals surface area (Å²) in [6, 6.07) is 9.29. The van der Waals surface area contributed by atoms with Crippen LogP contribution in [0.4, 0.5) is 0 Å². The predicted octanol–water partition coefficient (Wildman–Crippen LogP) is 4.98. The molecule has 1 saturated carbocycles. The first-order valence-electron chi connectivity index (χ1n) is 12.5. The van der Waals surface area contributed by atoms with Gasteiger partial charge in [-0.2, -0.15) is 0 Å². The highest BCUT2D eigenvalue weighted by molar-refractivity contribution is 7.80. The second-order valence-corrected chi connectivity index (χ2v) is 10.4. The second-order valence-electron chi connectivity index (χ2n) is 9.96. The number of benzene rings is 1. The van der Waals surface area contributed by atoms with Gasteiger partial charge in [0.15, 0.2) is 5.11 Å². The second kappa shape index (κ2) is 9.98. The zero-order chi connectivity index (χ0) is 22.8. The molecule has 3 saturated heterocycles. The van der Waals surface area contributed by atoms with Crippen LogP contribution in [0.2, 0.25) is 0 Å². The normalized spacial score (nSPS) is 28.3. The zero-order valence-corrected chi connectivity index (χ0v) is 20.4. The Bertz CT molecular complexity index is 1000. The van der Waals surface area contributed by atoms with Crippen LogP contribution in [0.25, 0.3) is 10.9 Å². The molecule has 1 aromatic carbocycles. The predicted molar refractivity (Wildman–Crippen MR) is 139 cm³/mol. The molecular formula is C27H36N4OS. The molecular weight excluding hydrogens is 428 g/mol. The smallest absolute Gasteiger partial charge is 0.167 e. The molecule has 5 nitrogen and oxygen atoms in total. The Morgan fingerprint density at radius 3 is 2.82 bits per heavy atom. The number of piperidine rings is 3. The van der Waals surface area contributed by atoms with E-state index >= 15 is 0 Å². The summed E-state index contributed by atoms with van der Waals surface area (Å²) in [4.78, 5) is 7.28. The monoisotopic (exact) mass is 464 g/mol. The van der Waals surface area contributed by atoms with Crippen molar-refractivity contribution >= 4 is 28.2 Å². The molecule has 0 amide bonds. The van der Waals surface area contributed by atoms with Gasteiger partial charge in [-0.25, -0.2) is 0 Å². The van der Waals surface area contributed by atoms with Gasteiger partial charge in [0.05, 0.1) is 18.7 Å². The van der Waals surface area contributed by atoms with E-state index in [0.29, 0.717) is 23.9 Å². The Morgan fingerprint density at radius 1 is 1.24 bits per heavy atom. The quantitative estimate of drug-likeness (QED) is 0.465. The molecule has 1 aromatic heterocycles. The van der Waals surface area contributed by atoms with E-state index in [1.54, 1.807) is 7.11 Å². The molecule has 4 fully saturated rings. The number of rotatable bonds is 6. The van der Waals surface area contributed by atoms with Crippen molar-refractivity contribution in [1.82, 2.24) is 20.5 Å². The molecule has 6 rings (SSSR count). The van der Waals surface area contributed by atoms with Gasteiger partial charge in [-0.3, -0.25) is 9.88 Å². The van der Waals surface area contributed by atoms with E-state index in [1.807, 2.05) is 18.3 Å². The van der Waals surface area contributed by atoms with Crippen molar-refractivity contribution < 1.29 is 4.74 Å². The minimum atomic E-state index is 0.0970. The minimum Gasteiger partial charge on any atom is -0.497 e. The molecule has 33 heavy (non-hydrogen) atoms. The van der Waals surface area contributed by atoms with Crippen molar-refractivity contribution in [2.45, 2.75) is 63.1 Å². The van der Waals surface area contributed by atoms with E-state index in [2.05, 4.69) is 45.3 Å². The third-order valence-corrected chi connectivity index (χ3v) is 8.32. The number of ether oxygens (including phenoxy) is 1. The van der Waals surface area contributed by atoms with Crippen molar-refractivity contribution in [3.63, 3.8) is 0 Å². The highest BCUT2D eigenvalue weighted by Crippen LogP contribution is 2.42. The van der Waals surface area contributed by atoms with Crippen molar-refractivity contribution in [3.8, 4) is 5.75 Å². The van der Waals surface area contributed by atoms with E-state index in [4.69, 9.17) is 17.0 Å². The van der Waals surface area contributed by atoms with E-state index < -0.39 is 0 Å². The maximum Gasteiger partial charge on any atom is 0.167 e. The summed E-state index contributed by atoms with van der Waals surface area (Å²) < 4.78 is 5.55. The van der Waals surface area contributed by atoms with Crippen LogP contribution in [0.5, 0.6) is 5.75 Å². The maximum atomic E-state index is 5.89. The van der Waals surface area contributed by atoms with Gasteiger partial charge in [-0.15, -0.1) is 6.58 Å². The maximum absolute atomic E-state index is 5.89.